The summed E-state index contributed by atoms with van der Waals surface area (Å²) in [6.45, 7) is 5.89. The third-order valence-corrected chi connectivity index (χ3v) is 4.12. The van der Waals surface area contributed by atoms with Crippen molar-refractivity contribution in [3.8, 4) is 0 Å². The number of nitrogens with one attached hydrogen (secondary N) is 2. The zero-order valence-electron chi connectivity index (χ0n) is 13.0. The number of aryl methyl sites for hydroxylation is 1. The molecule has 6 heteroatoms. The van der Waals surface area contributed by atoms with Gasteiger partial charge in [0.15, 0.2) is 5.17 Å². The lowest BCUT2D eigenvalue weighted by atomic mass is 10.1. The molecule has 2 N–H and O–H groups in total. The van der Waals surface area contributed by atoms with Gasteiger partial charge in [0, 0.05) is 10.2 Å². The van der Waals surface area contributed by atoms with Gasteiger partial charge in [-0.05, 0) is 63.2 Å². The van der Waals surface area contributed by atoms with E-state index in [0.717, 1.165) is 22.1 Å². The van der Waals surface area contributed by atoms with Gasteiger partial charge in [-0.1, -0.05) is 15.9 Å². The van der Waals surface area contributed by atoms with E-state index in [1.807, 2.05) is 39.0 Å². The Kier molecular flexibility index (Phi) is 5.60. The molecule has 1 atom stereocenters. The van der Waals surface area contributed by atoms with E-state index < -0.39 is 0 Å². The first-order valence-electron chi connectivity index (χ1n) is 7.12. The maximum Gasteiger partial charge on any atom is 0.241 e. The van der Waals surface area contributed by atoms with Crippen molar-refractivity contribution < 1.29 is 9.53 Å². The first kappa shape index (κ1) is 17.4. The minimum atomic E-state index is -0.335. The number of halogens is 1. The molecule has 22 heavy (non-hydrogen) atoms. The molecule has 0 bridgehead atoms. The summed E-state index contributed by atoms with van der Waals surface area (Å²) in [6.07, 6.45) is 1.52. The van der Waals surface area contributed by atoms with Gasteiger partial charge in [-0.3, -0.25) is 4.79 Å². The fourth-order valence-electron chi connectivity index (χ4n) is 2.20. The van der Waals surface area contributed by atoms with Crippen molar-refractivity contribution in [2.24, 2.45) is 0 Å². The van der Waals surface area contributed by atoms with Crippen molar-refractivity contribution in [2.75, 3.05) is 5.32 Å². The number of hydrogen-bond acceptors (Lipinski definition) is 2. The molecule has 1 aromatic rings. The third-order valence-electron chi connectivity index (χ3n) is 3.17. The Hall–Kier alpha value is -0.950. The van der Waals surface area contributed by atoms with Crippen LogP contribution in [0.5, 0.6) is 0 Å². The van der Waals surface area contributed by atoms with Gasteiger partial charge in [-0.2, -0.15) is 0 Å². The highest BCUT2D eigenvalue weighted by atomic mass is 79.9. The number of hydrogen-bond donors (Lipinski definition) is 2. The lowest BCUT2D eigenvalue weighted by Gasteiger charge is -2.23. The van der Waals surface area contributed by atoms with Gasteiger partial charge < -0.3 is 10.1 Å². The molecule has 4 nitrogen and oxygen atoms in total. The van der Waals surface area contributed by atoms with E-state index in [1.165, 1.54) is 10.9 Å². The standard InChI is InChI=1S/C16H21BrN2O2S/c1-16(2,3)21-15(22-4)19-13-7-5-10-9-11(17)6-8-12(10)18-14(13)20/h6,8-9,13,19H,4-5,7H2,1-3H3,(H,18,20)/t13-/m0/s1. The van der Waals surface area contributed by atoms with Gasteiger partial charge in [0.1, 0.15) is 0 Å². The molecule has 0 aliphatic carbocycles. The molecule has 1 aliphatic heterocycles. The number of rotatable bonds is 1. The highest BCUT2D eigenvalue weighted by molar-refractivity contribution is 9.10. The number of carbonyl (C=O) groups is 1. The second-order valence-corrected chi connectivity index (χ2v) is 7.75. The highest BCUT2D eigenvalue weighted by Gasteiger charge is 2.25. The Morgan fingerprint density at radius 3 is 2.86 bits per heavy atom. The molecule has 0 saturated heterocycles. The van der Waals surface area contributed by atoms with Crippen molar-refractivity contribution >= 4 is 49.5 Å². The van der Waals surface area contributed by atoms with Crippen LogP contribution in [0.2, 0.25) is 0 Å². The van der Waals surface area contributed by atoms with Gasteiger partial charge in [0.25, 0.3) is 0 Å². The monoisotopic (exact) mass is 384 g/mol. The Bertz CT molecular complexity index is 634. The summed E-state index contributed by atoms with van der Waals surface area (Å²) in [6, 6.07) is 5.56. The van der Waals surface area contributed by atoms with Crippen LogP contribution in [0, 0.1) is 0 Å². The summed E-state index contributed by atoms with van der Waals surface area (Å²) in [5.74, 6) is 3.74. The maximum atomic E-state index is 12.4. The number of fused-ring (bicyclic) bond motifs is 1. The number of amides is 1. The topological polar surface area (TPSA) is 50.4 Å². The molecule has 0 aromatic heterocycles. The normalized spacial score (nSPS) is 18.2. The molecular weight excluding hydrogens is 364 g/mol. The number of anilines is 1. The molecule has 0 unspecified atom stereocenters. The first-order chi connectivity index (χ1) is 10.3. The Balaban J connectivity index is 2.12. The van der Waals surface area contributed by atoms with Crippen molar-refractivity contribution in [2.45, 2.75) is 45.3 Å². The fourth-order valence-corrected chi connectivity index (χ4v) is 3.14. The van der Waals surface area contributed by atoms with Gasteiger partial charge in [-0.15, -0.1) is 10.9 Å². The van der Waals surface area contributed by atoms with Crippen molar-refractivity contribution in [3.05, 3.63) is 28.2 Å². The molecule has 0 saturated carbocycles. The fraction of sp³-hybridized carbons (Fsp3) is 0.438. The van der Waals surface area contributed by atoms with E-state index in [1.54, 1.807) is 0 Å². The van der Waals surface area contributed by atoms with E-state index >= 15 is 0 Å². The lowest BCUT2D eigenvalue weighted by molar-refractivity contribution is -0.118. The van der Waals surface area contributed by atoms with Crippen LogP contribution in [0.3, 0.4) is 0 Å². The van der Waals surface area contributed by atoms with Crippen LogP contribution in [-0.4, -0.2) is 28.6 Å². The van der Waals surface area contributed by atoms with Gasteiger partial charge in [0.2, 0.25) is 5.91 Å². The summed E-state index contributed by atoms with van der Waals surface area (Å²) in [7, 11) is 1.23. The molecule has 1 aromatic carbocycles. The van der Waals surface area contributed by atoms with E-state index in [4.69, 9.17) is 4.74 Å². The van der Waals surface area contributed by atoms with Crippen LogP contribution in [0.15, 0.2) is 22.7 Å². The Labute approximate surface area is 143 Å². The van der Waals surface area contributed by atoms with Crippen LogP contribution in [-0.2, 0) is 16.0 Å². The zero-order valence-corrected chi connectivity index (χ0v) is 15.4. The van der Waals surface area contributed by atoms with Crippen molar-refractivity contribution in [3.63, 3.8) is 0 Å². The summed E-state index contributed by atoms with van der Waals surface area (Å²) < 4.78 is 6.81. The van der Waals surface area contributed by atoms with Crippen LogP contribution >= 0.6 is 26.9 Å². The molecule has 0 spiro atoms. The molecule has 0 radical (unpaired) electrons. The zero-order chi connectivity index (χ0) is 16.3. The smallest absolute Gasteiger partial charge is 0.241 e. The minimum absolute atomic E-state index is 0.0508. The van der Waals surface area contributed by atoms with E-state index in [9.17, 15) is 4.79 Å². The van der Waals surface area contributed by atoms with Crippen LogP contribution < -0.4 is 10.6 Å². The largest absolute Gasteiger partial charge is 0.324 e. The molecule has 1 heterocycles. The first-order valence-corrected chi connectivity index (χ1v) is 8.90. The van der Waals surface area contributed by atoms with Crippen LogP contribution in [0.25, 0.3) is 0 Å². The van der Waals surface area contributed by atoms with Crippen LogP contribution in [0.1, 0.15) is 32.8 Å². The Morgan fingerprint density at radius 1 is 1.50 bits per heavy atom. The second kappa shape index (κ2) is 7.08. The molecule has 0 fully saturated rings. The minimum Gasteiger partial charge on any atom is -0.324 e. The van der Waals surface area contributed by atoms with E-state index in [2.05, 4.69) is 32.4 Å². The number of carbonyl (C=O) groups excluding carboxylic acids is 1. The van der Waals surface area contributed by atoms with Crippen molar-refractivity contribution in [1.82, 2.24) is 5.32 Å². The molecular formula is C16H21BrN2O2S. The van der Waals surface area contributed by atoms with E-state index in [-0.39, 0.29) is 17.6 Å². The molecule has 1 amide bonds. The predicted molar refractivity (Wildman–Crippen MR) is 98.6 cm³/mol. The SMILES string of the molecule is C=S=C(N[C@H]1CCc2cc(Br)ccc2NC1=O)OC(C)(C)C. The highest BCUT2D eigenvalue weighted by Crippen LogP contribution is 2.25. The quantitative estimate of drug-likeness (QED) is 0.729. The third kappa shape index (κ3) is 4.78. The van der Waals surface area contributed by atoms with Gasteiger partial charge in [0.05, 0.1) is 11.6 Å². The van der Waals surface area contributed by atoms with E-state index in [0.29, 0.717) is 11.6 Å². The van der Waals surface area contributed by atoms with Gasteiger partial charge in [-0.25, -0.2) is 5.32 Å². The lowest BCUT2D eigenvalue weighted by Crippen LogP contribution is -2.45. The average molecular weight is 385 g/mol. The molecule has 2 rings (SSSR count). The summed E-state index contributed by atoms with van der Waals surface area (Å²) >= 11 is 3.47. The maximum absolute atomic E-state index is 12.4. The summed E-state index contributed by atoms with van der Waals surface area (Å²) in [5, 5.41) is 6.71. The molecule has 120 valence electrons. The molecule has 1 aliphatic rings. The Morgan fingerprint density at radius 2 is 2.23 bits per heavy atom. The second-order valence-electron chi connectivity index (χ2n) is 6.17. The van der Waals surface area contributed by atoms with Gasteiger partial charge >= 0.3 is 0 Å². The summed E-state index contributed by atoms with van der Waals surface area (Å²) in [4.78, 5) is 12.4. The summed E-state index contributed by atoms with van der Waals surface area (Å²) in [5.41, 5.74) is 1.67. The van der Waals surface area contributed by atoms with Crippen LogP contribution in [0.4, 0.5) is 5.69 Å². The average Bonchev–Trinajstić information content (AvgIpc) is 2.56. The predicted octanol–water partition coefficient (Wildman–Crippen LogP) is 3.36. The van der Waals surface area contributed by atoms with Crippen molar-refractivity contribution in [1.29, 1.82) is 0 Å². The number of ether oxygens (including phenoxy) is 1. The number of benzene rings is 1.